The summed E-state index contributed by atoms with van der Waals surface area (Å²) in [6.45, 7) is 11.1. The second-order valence-electron chi connectivity index (χ2n) is 10.8. The van der Waals surface area contributed by atoms with Gasteiger partial charge in [-0.05, 0) is 85.2 Å². The summed E-state index contributed by atoms with van der Waals surface area (Å²) < 4.78 is 0. The first-order chi connectivity index (χ1) is 20.9. The van der Waals surface area contributed by atoms with E-state index in [0.717, 1.165) is 45.2 Å². The zero-order chi connectivity index (χ0) is 30.2. The second-order valence-corrected chi connectivity index (χ2v) is 12.9. The lowest BCUT2D eigenvalue weighted by atomic mass is 10.1. The first-order valence-corrected chi connectivity index (χ1v) is 16.0. The van der Waals surface area contributed by atoms with Crippen molar-refractivity contribution in [2.75, 3.05) is 10.6 Å². The number of benzene rings is 5. The van der Waals surface area contributed by atoms with Crippen LogP contribution < -0.4 is 21.2 Å². The normalized spacial score (nSPS) is 12.0. The molecule has 0 bridgehead atoms. The van der Waals surface area contributed by atoms with Crippen LogP contribution in [0.4, 0.5) is 17.1 Å². The lowest BCUT2D eigenvalue weighted by Gasteiger charge is -2.23. The summed E-state index contributed by atoms with van der Waals surface area (Å²) in [4.78, 5) is 10.2. The molecule has 0 unspecified atom stereocenters. The standard InChI is InChI=1S/C38H39N4P/c1-27-15-12-16-28(2)36(27)40-31(5)39-26-32-19-14-20-33(25-32)41-38(42-37-29(3)17-13-18-30(37)4)43(34-21-8-6-9-22-34)35-23-10-7-11-24-35/h6-25H,26H2,1-5H3,(H,39,40)(H,41,42). The van der Waals surface area contributed by atoms with Crippen LogP contribution in [-0.4, -0.2) is 11.4 Å². The summed E-state index contributed by atoms with van der Waals surface area (Å²) in [5, 5.41) is 9.77. The van der Waals surface area contributed by atoms with Crippen molar-refractivity contribution in [2.24, 2.45) is 9.98 Å². The molecule has 0 aliphatic heterocycles. The number of rotatable bonds is 8. The van der Waals surface area contributed by atoms with Crippen molar-refractivity contribution >= 4 is 47.0 Å². The van der Waals surface area contributed by atoms with Crippen LogP contribution in [0.2, 0.25) is 0 Å². The van der Waals surface area contributed by atoms with Crippen LogP contribution in [0.1, 0.15) is 34.7 Å². The highest BCUT2D eigenvalue weighted by atomic mass is 31.1. The van der Waals surface area contributed by atoms with Crippen molar-refractivity contribution < 1.29 is 0 Å². The first kappa shape index (κ1) is 29.9. The lowest BCUT2D eigenvalue weighted by molar-refractivity contribution is 1.06. The molecular formula is C38H39N4P. The zero-order valence-electron chi connectivity index (χ0n) is 25.6. The van der Waals surface area contributed by atoms with E-state index in [1.54, 1.807) is 0 Å². The van der Waals surface area contributed by atoms with Crippen LogP contribution in [0.15, 0.2) is 131 Å². The SMILES string of the molecule is CC(=NCc1cccc(NC(=Nc2c(C)cccc2C)P(c2ccccc2)c2ccccc2)c1)Nc1c(C)cccc1C. The van der Waals surface area contributed by atoms with E-state index in [1.165, 1.54) is 21.7 Å². The van der Waals surface area contributed by atoms with Crippen molar-refractivity contribution in [1.29, 1.82) is 0 Å². The fourth-order valence-corrected chi connectivity index (χ4v) is 7.26. The molecule has 43 heavy (non-hydrogen) atoms. The predicted molar refractivity (Wildman–Crippen MR) is 188 cm³/mol. The van der Waals surface area contributed by atoms with Crippen molar-refractivity contribution in [3.63, 3.8) is 0 Å². The molecule has 0 heterocycles. The quantitative estimate of drug-likeness (QED) is 0.109. The summed E-state index contributed by atoms with van der Waals surface area (Å²) in [6.07, 6.45) is 0. The van der Waals surface area contributed by atoms with Gasteiger partial charge in [0.1, 0.15) is 5.58 Å². The molecule has 0 spiro atoms. The van der Waals surface area contributed by atoms with Crippen LogP contribution in [0.3, 0.4) is 0 Å². The average Bonchev–Trinajstić information content (AvgIpc) is 3.01. The molecule has 216 valence electrons. The van der Waals surface area contributed by atoms with Crippen LogP contribution in [0.5, 0.6) is 0 Å². The Morgan fingerprint density at radius 2 is 1.14 bits per heavy atom. The Labute approximate surface area is 257 Å². The maximum Gasteiger partial charge on any atom is 0.138 e. The van der Waals surface area contributed by atoms with Crippen molar-refractivity contribution in [2.45, 2.75) is 41.2 Å². The van der Waals surface area contributed by atoms with Gasteiger partial charge in [-0.15, -0.1) is 0 Å². The van der Waals surface area contributed by atoms with Crippen LogP contribution in [-0.2, 0) is 6.54 Å². The van der Waals surface area contributed by atoms with Crippen LogP contribution >= 0.6 is 7.92 Å². The van der Waals surface area contributed by atoms with E-state index in [-0.39, 0.29) is 0 Å². The number of aryl methyl sites for hydroxylation is 4. The molecule has 4 nitrogen and oxygen atoms in total. The Morgan fingerprint density at radius 1 is 0.605 bits per heavy atom. The number of anilines is 2. The summed E-state index contributed by atoms with van der Waals surface area (Å²) in [6, 6.07) is 42.6. The third kappa shape index (κ3) is 7.66. The molecule has 0 fully saturated rings. The highest BCUT2D eigenvalue weighted by Crippen LogP contribution is 2.38. The number of para-hydroxylation sites is 2. The molecule has 0 saturated heterocycles. The third-order valence-corrected chi connectivity index (χ3v) is 9.63. The summed E-state index contributed by atoms with van der Waals surface area (Å²) in [7, 11) is -0.948. The number of hydrogen-bond acceptors (Lipinski definition) is 2. The lowest BCUT2D eigenvalue weighted by Crippen LogP contribution is -2.23. The third-order valence-electron chi connectivity index (χ3n) is 7.37. The topological polar surface area (TPSA) is 48.8 Å². The van der Waals surface area contributed by atoms with Gasteiger partial charge in [0.15, 0.2) is 0 Å². The van der Waals surface area contributed by atoms with Gasteiger partial charge in [-0.3, -0.25) is 4.99 Å². The van der Waals surface area contributed by atoms with Gasteiger partial charge in [-0.25, -0.2) is 4.99 Å². The highest BCUT2D eigenvalue weighted by Gasteiger charge is 2.22. The molecule has 5 rings (SSSR count). The molecule has 0 aliphatic rings. The van der Waals surface area contributed by atoms with E-state index >= 15 is 0 Å². The van der Waals surface area contributed by atoms with Crippen molar-refractivity contribution in [3.8, 4) is 0 Å². The minimum absolute atomic E-state index is 0.578. The monoisotopic (exact) mass is 582 g/mol. The fourth-order valence-electron chi connectivity index (χ4n) is 5.09. The van der Waals surface area contributed by atoms with E-state index in [0.29, 0.717) is 6.54 Å². The van der Waals surface area contributed by atoms with Gasteiger partial charge in [0.05, 0.1) is 18.1 Å². The van der Waals surface area contributed by atoms with E-state index in [1.807, 2.05) is 6.92 Å². The van der Waals surface area contributed by atoms with E-state index < -0.39 is 7.92 Å². The minimum Gasteiger partial charge on any atom is -0.344 e. The molecule has 5 heteroatoms. The minimum atomic E-state index is -0.948. The largest absolute Gasteiger partial charge is 0.344 e. The van der Waals surface area contributed by atoms with Gasteiger partial charge < -0.3 is 10.6 Å². The molecule has 0 saturated carbocycles. The van der Waals surface area contributed by atoms with Crippen molar-refractivity contribution in [1.82, 2.24) is 0 Å². The average molecular weight is 583 g/mol. The maximum atomic E-state index is 5.37. The fraction of sp³-hybridized carbons (Fsp3) is 0.158. The number of aliphatic imine (C=N–C) groups is 2. The second kappa shape index (κ2) is 14.1. The first-order valence-electron chi connectivity index (χ1n) is 14.6. The Kier molecular flexibility index (Phi) is 9.81. The molecule has 5 aromatic carbocycles. The summed E-state index contributed by atoms with van der Waals surface area (Å²) >= 11 is 0. The Morgan fingerprint density at radius 3 is 1.72 bits per heavy atom. The van der Waals surface area contributed by atoms with Gasteiger partial charge >= 0.3 is 0 Å². The summed E-state index contributed by atoms with van der Waals surface area (Å²) in [5.41, 5.74) is 9.95. The van der Waals surface area contributed by atoms with E-state index in [4.69, 9.17) is 9.98 Å². The highest BCUT2D eigenvalue weighted by molar-refractivity contribution is 7.88. The zero-order valence-corrected chi connectivity index (χ0v) is 26.5. The Balaban J connectivity index is 1.49. The number of nitrogens with one attached hydrogen (secondary N) is 2. The van der Waals surface area contributed by atoms with Gasteiger partial charge in [0.25, 0.3) is 0 Å². The Hall–Kier alpha value is -4.53. The van der Waals surface area contributed by atoms with Gasteiger partial charge in [-0.2, -0.15) is 0 Å². The molecule has 0 amide bonds. The smallest absolute Gasteiger partial charge is 0.138 e. The molecule has 2 N–H and O–H groups in total. The van der Waals surface area contributed by atoms with Gasteiger partial charge in [0.2, 0.25) is 0 Å². The molecule has 0 atom stereocenters. The molecule has 0 aliphatic carbocycles. The summed E-state index contributed by atoms with van der Waals surface area (Å²) in [5.74, 6) is 0.893. The van der Waals surface area contributed by atoms with E-state index in [9.17, 15) is 0 Å². The number of nitrogens with zero attached hydrogens (tertiary/aromatic N) is 2. The van der Waals surface area contributed by atoms with Crippen molar-refractivity contribution in [3.05, 3.63) is 149 Å². The molecule has 5 aromatic rings. The number of amidine groups is 2. The van der Waals surface area contributed by atoms with Crippen LogP contribution in [0.25, 0.3) is 0 Å². The Bertz CT molecular complexity index is 1660. The maximum absolute atomic E-state index is 5.37. The van der Waals surface area contributed by atoms with Gasteiger partial charge in [0, 0.05) is 19.3 Å². The predicted octanol–water partition coefficient (Wildman–Crippen LogP) is 9.18. The molecular weight excluding hydrogens is 543 g/mol. The molecule has 0 aromatic heterocycles. The molecule has 0 radical (unpaired) electrons. The van der Waals surface area contributed by atoms with E-state index in [2.05, 4.69) is 160 Å². The number of hydrogen-bond donors (Lipinski definition) is 2. The van der Waals surface area contributed by atoms with Gasteiger partial charge in [-0.1, -0.05) is 109 Å². The van der Waals surface area contributed by atoms with Crippen LogP contribution in [0, 0.1) is 27.7 Å².